The van der Waals surface area contributed by atoms with Crippen LogP contribution < -0.4 is 10.2 Å². The molecule has 2 atom stereocenters. The molecule has 0 fully saturated rings. The molecule has 4 rings (SSSR count). The summed E-state index contributed by atoms with van der Waals surface area (Å²) in [6.45, 7) is 2.05. The van der Waals surface area contributed by atoms with E-state index in [1.807, 2.05) is 60.4 Å². The molecule has 0 saturated heterocycles. The predicted molar refractivity (Wildman–Crippen MR) is 123 cm³/mol. The second kappa shape index (κ2) is 8.83. The van der Waals surface area contributed by atoms with Gasteiger partial charge in [-0.2, -0.15) is 0 Å². The highest BCUT2D eigenvalue weighted by atomic mass is 16.6. The van der Waals surface area contributed by atoms with Crippen molar-refractivity contribution in [1.82, 2.24) is 0 Å². The lowest BCUT2D eigenvalue weighted by Gasteiger charge is -2.39. The van der Waals surface area contributed by atoms with Gasteiger partial charge in [0.05, 0.1) is 11.0 Å². The number of para-hydroxylation sites is 2. The van der Waals surface area contributed by atoms with Gasteiger partial charge in [-0.05, 0) is 60.9 Å². The number of non-ortho nitro benzene ring substituents is 1. The minimum atomic E-state index is -0.440. The van der Waals surface area contributed by atoms with Crippen molar-refractivity contribution in [2.45, 2.75) is 25.4 Å². The third kappa shape index (κ3) is 4.48. The van der Waals surface area contributed by atoms with E-state index in [-0.39, 0.29) is 23.7 Å². The molecular formula is C25H23N3O3. The number of hydrogen-bond donors (Lipinski definition) is 1. The maximum atomic E-state index is 13.1. The van der Waals surface area contributed by atoms with E-state index in [1.165, 1.54) is 18.2 Å². The molecule has 1 aliphatic rings. The molecule has 0 spiro atoms. The van der Waals surface area contributed by atoms with E-state index >= 15 is 0 Å². The predicted octanol–water partition coefficient (Wildman–Crippen LogP) is 5.59. The number of benzene rings is 3. The van der Waals surface area contributed by atoms with Gasteiger partial charge < -0.3 is 10.2 Å². The van der Waals surface area contributed by atoms with E-state index in [0.29, 0.717) is 0 Å². The van der Waals surface area contributed by atoms with Crippen LogP contribution in [0.3, 0.4) is 0 Å². The largest absolute Gasteiger partial charge is 0.378 e. The van der Waals surface area contributed by atoms with Crippen molar-refractivity contribution in [3.63, 3.8) is 0 Å². The number of rotatable bonds is 5. The van der Waals surface area contributed by atoms with Crippen molar-refractivity contribution in [3.05, 3.63) is 106 Å². The maximum Gasteiger partial charge on any atom is 0.269 e. The first-order valence-electron chi connectivity index (χ1n) is 10.2. The van der Waals surface area contributed by atoms with Gasteiger partial charge in [-0.3, -0.25) is 14.9 Å². The van der Waals surface area contributed by atoms with E-state index < -0.39 is 4.92 Å². The summed E-state index contributed by atoms with van der Waals surface area (Å²) in [5, 5.41) is 14.4. The molecule has 1 heterocycles. The normalized spacial score (nSPS) is 17.9. The molecule has 3 aromatic carbocycles. The summed E-state index contributed by atoms with van der Waals surface area (Å²) in [6, 6.07) is 24.3. The summed E-state index contributed by atoms with van der Waals surface area (Å²) in [6.07, 6.45) is 4.00. The third-order valence-electron chi connectivity index (χ3n) is 5.46. The number of nitrogens with zero attached hydrogens (tertiary/aromatic N) is 2. The average molecular weight is 413 g/mol. The minimum Gasteiger partial charge on any atom is -0.378 e. The van der Waals surface area contributed by atoms with Crippen LogP contribution in [0.4, 0.5) is 17.1 Å². The van der Waals surface area contributed by atoms with Gasteiger partial charge in [0, 0.05) is 35.6 Å². The molecule has 156 valence electrons. The first kappa shape index (κ1) is 20.3. The Morgan fingerprint density at radius 3 is 2.42 bits per heavy atom. The van der Waals surface area contributed by atoms with Crippen molar-refractivity contribution >= 4 is 29.0 Å². The van der Waals surface area contributed by atoms with Crippen LogP contribution >= 0.6 is 0 Å². The van der Waals surface area contributed by atoms with Crippen LogP contribution in [0.5, 0.6) is 0 Å². The zero-order valence-corrected chi connectivity index (χ0v) is 17.1. The minimum absolute atomic E-state index is 0.00474. The SMILES string of the molecule is CC1CC(Nc2ccccc2)c2ccccc2N1C(=O)C=Cc1ccc([N+](=O)[O-])cc1. The van der Waals surface area contributed by atoms with Gasteiger partial charge in [-0.1, -0.05) is 36.4 Å². The topological polar surface area (TPSA) is 75.5 Å². The summed E-state index contributed by atoms with van der Waals surface area (Å²) in [5.41, 5.74) is 3.79. The molecule has 0 radical (unpaired) electrons. The number of amides is 1. The summed E-state index contributed by atoms with van der Waals surface area (Å²) in [7, 11) is 0. The Morgan fingerprint density at radius 2 is 1.71 bits per heavy atom. The smallest absolute Gasteiger partial charge is 0.269 e. The van der Waals surface area contributed by atoms with Crippen LogP contribution in [-0.4, -0.2) is 16.9 Å². The van der Waals surface area contributed by atoms with Crippen molar-refractivity contribution in [1.29, 1.82) is 0 Å². The lowest BCUT2D eigenvalue weighted by atomic mass is 9.91. The molecule has 6 heteroatoms. The zero-order valence-electron chi connectivity index (χ0n) is 17.1. The standard InChI is InChI=1S/C25H23N3O3/c1-18-17-23(26-20-7-3-2-4-8-20)22-9-5-6-10-24(22)27(18)25(29)16-13-19-11-14-21(15-12-19)28(30)31/h2-16,18,23,26H,17H2,1H3. The second-order valence-electron chi connectivity index (χ2n) is 7.60. The summed E-state index contributed by atoms with van der Waals surface area (Å²) >= 11 is 0. The Kier molecular flexibility index (Phi) is 5.80. The van der Waals surface area contributed by atoms with E-state index in [1.54, 1.807) is 18.2 Å². The fourth-order valence-corrected chi connectivity index (χ4v) is 3.98. The van der Waals surface area contributed by atoms with Crippen LogP contribution in [-0.2, 0) is 4.79 Å². The molecule has 0 bridgehead atoms. The molecule has 1 aliphatic heterocycles. The number of nitro benzene ring substituents is 1. The van der Waals surface area contributed by atoms with Crippen LogP contribution in [0.1, 0.15) is 30.5 Å². The third-order valence-corrected chi connectivity index (χ3v) is 5.46. The molecular weight excluding hydrogens is 390 g/mol. The first-order chi connectivity index (χ1) is 15.0. The van der Waals surface area contributed by atoms with Crippen molar-refractivity contribution in [2.24, 2.45) is 0 Å². The lowest BCUT2D eigenvalue weighted by Crippen LogP contribution is -2.43. The molecule has 1 N–H and O–H groups in total. The number of nitro groups is 1. The molecule has 0 aliphatic carbocycles. The van der Waals surface area contributed by atoms with Gasteiger partial charge in [0.2, 0.25) is 0 Å². The van der Waals surface area contributed by atoms with Crippen LogP contribution in [0, 0.1) is 10.1 Å². The molecule has 2 unspecified atom stereocenters. The number of anilines is 2. The van der Waals surface area contributed by atoms with Crippen molar-refractivity contribution < 1.29 is 9.72 Å². The Bertz CT molecular complexity index is 1110. The fourth-order valence-electron chi connectivity index (χ4n) is 3.98. The summed E-state index contributed by atoms with van der Waals surface area (Å²) in [4.78, 5) is 25.3. The quantitative estimate of drug-likeness (QED) is 0.336. The Morgan fingerprint density at radius 1 is 1.03 bits per heavy atom. The van der Waals surface area contributed by atoms with Gasteiger partial charge >= 0.3 is 0 Å². The van der Waals surface area contributed by atoms with Crippen molar-refractivity contribution in [2.75, 3.05) is 10.2 Å². The Labute approximate surface area is 181 Å². The van der Waals surface area contributed by atoms with E-state index in [0.717, 1.165) is 28.9 Å². The van der Waals surface area contributed by atoms with Gasteiger partial charge in [0.1, 0.15) is 0 Å². The lowest BCUT2D eigenvalue weighted by molar-refractivity contribution is -0.384. The number of fused-ring (bicyclic) bond motifs is 1. The van der Waals surface area contributed by atoms with Crippen LogP contribution in [0.15, 0.2) is 84.9 Å². The van der Waals surface area contributed by atoms with Gasteiger partial charge in [-0.25, -0.2) is 0 Å². The molecule has 1 amide bonds. The number of hydrogen-bond acceptors (Lipinski definition) is 4. The second-order valence-corrected chi connectivity index (χ2v) is 7.60. The molecule has 3 aromatic rings. The summed E-state index contributed by atoms with van der Waals surface area (Å²) in [5.74, 6) is -0.114. The molecule has 6 nitrogen and oxygen atoms in total. The highest BCUT2D eigenvalue weighted by Gasteiger charge is 2.32. The molecule has 0 saturated carbocycles. The number of carbonyl (C=O) groups is 1. The Hall–Kier alpha value is -3.93. The highest BCUT2D eigenvalue weighted by molar-refractivity contribution is 6.05. The first-order valence-corrected chi connectivity index (χ1v) is 10.2. The Balaban J connectivity index is 1.56. The van der Waals surface area contributed by atoms with Crippen LogP contribution in [0.2, 0.25) is 0 Å². The van der Waals surface area contributed by atoms with Gasteiger partial charge in [-0.15, -0.1) is 0 Å². The fraction of sp³-hybridized carbons (Fsp3) is 0.160. The van der Waals surface area contributed by atoms with Gasteiger partial charge in [0.15, 0.2) is 0 Å². The van der Waals surface area contributed by atoms with E-state index in [4.69, 9.17) is 0 Å². The number of carbonyl (C=O) groups excluding carboxylic acids is 1. The molecule has 31 heavy (non-hydrogen) atoms. The van der Waals surface area contributed by atoms with Gasteiger partial charge in [0.25, 0.3) is 11.6 Å². The maximum absolute atomic E-state index is 13.1. The summed E-state index contributed by atoms with van der Waals surface area (Å²) < 4.78 is 0. The highest BCUT2D eigenvalue weighted by Crippen LogP contribution is 2.39. The van der Waals surface area contributed by atoms with E-state index in [9.17, 15) is 14.9 Å². The average Bonchev–Trinajstić information content (AvgIpc) is 2.78. The van der Waals surface area contributed by atoms with E-state index in [2.05, 4.69) is 11.4 Å². The van der Waals surface area contributed by atoms with Crippen molar-refractivity contribution in [3.8, 4) is 0 Å². The molecule has 0 aromatic heterocycles. The number of nitrogens with one attached hydrogen (secondary N) is 1. The monoisotopic (exact) mass is 413 g/mol. The van der Waals surface area contributed by atoms with Crippen LogP contribution in [0.25, 0.3) is 6.08 Å². The zero-order chi connectivity index (χ0) is 21.8.